The van der Waals surface area contributed by atoms with Gasteiger partial charge in [-0.25, -0.2) is 17.9 Å². The molecule has 2 aromatic rings. The summed E-state index contributed by atoms with van der Waals surface area (Å²) in [5.41, 5.74) is 4.60. The quantitative estimate of drug-likeness (QED) is 0.651. The molecule has 1 atom stereocenters. The second kappa shape index (κ2) is 7.90. The summed E-state index contributed by atoms with van der Waals surface area (Å²) in [4.78, 5) is 21.8. The molecule has 1 aliphatic heterocycles. The van der Waals surface area contributed by atoms with Crippen LogP contribution in [0.25, 0.3) is 10.3 Å². The van der Waals surface area contributed by atoms with Crippen LogP contribution in [0.15, 0.2) is 36.9 Å². The Morgan fingerprint density at radius 1 is 1.42 bits per heavy atom. The summed E-state index contributed by atoms with van der Waals surface area (Å²) in [5, 5.41) is 5.61. The molecule has 0 aliphatic carbocycles. The van der Waals surface area contributed by atoms with Gasteiger partial charge in [-0.3, -0.25) is 0 Å². The van der Waals surface area contributed by atoms with E-state index in [2.05, 4.69) is 23.7 Å². The minimum atomic E-state index is -0.345. The number of nitrogens with zero attached hydrogens (tertiary/aromatic N) is 3. The van der Waals surface area contributed by atoms with Crippen LogP contribution in [0.2, 0.25) is 0 Å². The highest BCUT2D eigenvalue weighted by Crippen LogP contribution is 2.32. The van der Waals surface area contributed by atoms with E-state index in [1.165, 1.54) is 11.3 Å². The molecule has 2 aromatic heterocycles. The third-order valence-electron chi connectivity index (χ3n) is 3.28. The first-order valence-electron chi connectivity index (χ1n) is 7.30. The summed E-state index contributed by atoms with van der Waals surface area (Å²) >= 11 is 1.20. The van der Waals surface area contributed by atoms with Crippen molar-refractivity contribution in [1.82, 2.24) is 15.3 Å². The number of nitrogens with one attached hydrogen (secondary N) is 2. The maximum absolute atomic E-state index is 12.3. The van der Waals surface area contributed by atoms with E-state index in [4.69, 9.17) is 4.74 Å². The number of carbonyl (C=O) groups is 1. The largest absolute Gasteiger partial charge is 0.374 e. The molecule has 3 heterocycles. The van der Waals surface area contributed by atoms with E-state index in [0.29, 0.717) is 18.0 Å². The van der Waals surface area contributed by atoms with Crippen molar-refractivity contribution in [3.63, 3.8) is 0 Å². The van der Waals surface area contributed by atoms with Crippen LogP contribution in [-0.4, -0.2) is 22.6 Å². The van der Waals surface area contributed by atoms with Crippen LogP contribution in [0.3, 0.4) is 0 Å². The fourth-order valence-electron chi connectivity index (χ4n) is 2.29. The number of allylic oxidation sites excluding steroid dienone is 1. The number of urea groups is 1. The Balaban J connectivity index is 1.86. The van der Waals surface area contributed by atoms with Gasteiger partial charge >= 0.3 is 6.03 Å². The number of hydrogen-bond acceptors (Lipinski definition) is 6. The van der Waals surface area contributed by atoms with Gasteiger partial charge in [-0.1, -0.05) is 0 Å². The molecule has 1 aliphatic rings. The van der Waals surface area contributed by atoms with Gasteiger partial charge < -0.3 is 15.4 Å². The van der Waals surface area contributed by atoms with Gasteiger partial charge in [0.1, 0.15) is 10.3 Å². The van der Waals surface area contributed by atoms with Gasteiger partial charge in [0, 0.05) is 33.2 Å². The molecule has 24 heavy (non-hydrogen) atoms. The monoisotopic (exact) mass is 457 g/mol. The molecule has 2 amide bonds. The van der Waals surface area contributed by atoms with Gasteiger partial charge in [-0.05, 0) is 24.0 Å². The predicted octanol–water partition coefficient (Wildman–Crippen LogP) is 4.43. The summed E-state index contributed by atoms with van der Waals surface area (Å²) < 4.78 is 11.9. The Kier molecular flexibility index (Phi) is 5.63. The number of pyridine rings is 1. The molecule has 126 valence electrons. The molecule has 0 spiro atoms. The van der Waals surface area contributed by atoms with Crippen LogP contribution in [0.1, 0.15) is 25.5 Å². The number of aromatic nitrogens is 2. The fourth-order valence-corrected chi connectivity index (χ4v) is 4.13. The third kappa shape index (κ3) is 3.84. The van der Waals surface area contributed by atoms with E-state index >= 15 is 0 Å². The summed E-state index contributed by atoms with van der Waals surface area (Å²) in [6.07, 6.45) is 4.99. The van der Waals surface area contributed by atoms with Gasteiger partial charge in [0.25, 0.3) is 0 Å². The number of carbonyl (C=O) groups excluding carboxylic acids is 1. The molecule has 0 radical (unpaired) electrons. The normalized spacial score (nSPS) is 14.8. The molecule has 1 unspecified atom stereocenters. The summed E-state index contributed by atoms with van der Waals surface area (Å²) in [5.74, 6) is 0. The number of halogens is 1. The minimum Gasteiger partial charge on any atom is -0.374 e. The molecule has 2 N–H and O–H groups in total. The highest BCUT2D eigenvalue weighted by Gasteiger charge is 2.19. The second-order valence-corrected chi connectivity index (χ2v) is 7.51. The predicted molar refractivity (Wildman–Crippen MR) is 103 cm³/mol. The van der Waals surface area contributed by atoms with Crippen molar-refractivity contribution in [2.45, 2.75) is 20.0 Å². The van der Waals surface area contributed by atoms with Crippen molar-refractivity contribution < 1.29 is 9.53 Å². The molecule has 0 aromatic carbocycles. The highest BCUT2D eigenvalue weighted by atomic mass is 127. The number of ether oxygens (including phenoxy) is 1. The van der Waals surface area contributed by atoms with E-state index in [1.54, 1.807) is 17.9 Å². The standard InChI is InChI=1S/C15H16IN5O2S/c1-3-23-9(2)12-11(7-17-14-13(12)18-8-24-14)21-15(22)20-10-4-5-16-19-6-10/h4-9H,3H2,1-2H3,(H2,20,21,22). The lowest BCUT2D eigenvalue weighted by Gasteiger charge is -2.17. The summed E-state index contributed by atoms with van der Waals surface area (Å²) in [7, 11) is 0. The van der Waals surface area contributed by atoms with Crippen molar-refractivity contribution in [1.29, 1.82) is 0 Å². The first-order chi connectivity index (χ1) is 11.7. The molecule has 0 bridgehead atoms. The zero-order valence-electron chi connectivity index (χ0n) is 13.1. The van der Waals surface area contributed by atoms with E-state index in [1.807, 2.05) is 24.0 Å². The van der Waals surface area contributed by atoms with Gasteiger partial charge in [0.2, 0.25) is 0 Å². The summed E-state index contributed by atoms with van der Waals surface area (Å²) in [6.45, 7) is 4.45. The van der Waals surface area contributed by atoms with Crippen molar-refractivity contribution >= 4 is 54.4 Å². The Bertz CT molecular complexity index is 846. The van der Waals surface area contributed by atoms with Crippen LogP contribution in [-0.2, 0) is 4.74 Å². The molecular weight excluding hydrogens is 441 g/mol. The Morgan fingerprint density at radius 2 is 2.29 bits per heavy atom. The van der Waals surface area contributed by atoms with Gasteiger partial charge in [-0.15, -0.1) is 11.3 Å². The maximum Gasteiger partial charge on any atom is 0.323 e. The highest BCUT2D eigenvalue weighted by molar-refractivity contribution is 14.2. The second-order valence-electron chi connectivity index (χ2n) is 4.84. The van der Waals surface area contributed by atoms with Crippen LogP contribution < -0.4 is 10.6 Å². The van der Waals surface area contributed by atoms with Gasteiger partial charge in [0.15, 0.2) is 0 Å². The van der Waals surface area contributed by atoms with Crippen molar-refractivity contribution in [3.05, 3.63) is 39.3 Å². The fraction of sp³-hybridized carbons (Fsp3) is 0.267. The lowest BCUT2D eigenvalue weighted by molar-refractivity contribution is 0.0777. The van der Waals surface area contributed by atoms with Gasteiger partial charge in [0.05, 0.1) is 35.4 Å². The topological polar surface area (TPSA) is 88.5 Å². The SMILES string of the molecule is CCOC(C)c1c(NC(=O)NC2=CN=IC=C2)cnc2scnc12. The van der Waals surface area contributed by atoms with E-state index < -0.39 is 0 Å². The molecule has 0 saturated heterocycles. The minimum absolute atomic E-state index is 0.202. The number of rotatable bonds is 5. The third-order valence-corrected chi connectivity index (χ3v) is 5.29. The number of hydrogen-bond donors (Lipinski definition) is 2. The molecule has 0 saturated carbocycles. The average molecular weight is 457 g/mol. The van der Waals surface area contributed by atoms with Crippen LogP contribution >= 0.6 is 32.4 Å². The number of anilines is 1. The molecule has 9 heteroatoms. The molecule has 7 nitrogen and oxygen atoms in total. The maximum atomic E-state index is 12.3. The first-order valence-corrected chi connectivity index (χ1v) is 10.4. The average Bonchev–Trinajstić information content (AvgIpc) is 3.04. The number of fused-ring (bicyclic) bond motifs is 1. The summed E-state index contributed by atoms with van der Waals surface area (Å²) in [6, 6.07) is -0.345. The van der Waals surface area contributed by atoms with Crippen LogP contribution in [0, 0.1) is 0 Å². The molecule has 3 rings (SSSR count). The Labute approximate surface area is 153 Å². The number of thiazole rings is 1. The molecule has 0 fully saturated rings. The Morgan fingerprint density at radius 3 is 3.04 bits per heavy atom. The number of amides is 2. The zero-order valence-corrected chi connectivity index (χ0v) is 16.1. The van der Waals surface area contributed by atoms with Crippen molar-refractivity contribution in [2.24, 2.45) is 3.15 Å². The Hall–Kier alpha value is -1.72. The van der Waals surface area contributed by atoms with Crippen LogP contribution in [0.5, 0.6) is 0 Å². The lowest BCUT2D eigenvalue weighted by atomic mass is 10.1. The first kappa shape index (κ1) is 17.1. The lowest BCUT2D eigenvalue weighted by Crippen LogP contribution is -2.28. The molecular formula is C15H16IN5O2S. The van der Waals surface area contributed by atoms with Crippen molar-refractivity contribution in [2.75, 3.05) is 11.9 Å². The van der Waals surface area contributed by atoms with Gasteiger partial charge in [-0.2, -0.15) is 0 Å². The van der Waals surface area contributed by atoms with Crippen LogP contribution in [0.4, 0.5) is 10.5 Å². The zero-order chi connectivity index (χ0) is 16.9. The smallest absolute Gasteiger partial charge is 0.323 e. The van der Waals surface area contributed by atoms with E-state index in [-0.39, 0.29) is 33.2 Å². The van der Waals surface area contributed by atoms with E-state index in [0.717, 1.165) is 15.9 Å². The van der Waals surface area contributed by atoms with E-state index in [9.17, 15) is 4.79 Å². The van der Waals surface area contributed by atoms with Crippen molar-refractivity contribution in [3.8, 4) is 0 Å².